The van der Waals surface area contributed by atoms with Crippen LogP contribution in [0.4, 0.5) is 11.6 Å². The van der Waals surface area contributed by atoms with E-state index in [4.69, 9.17) is 9.72 Å². The number of nitrogens with zero attached hydrogens (tertiary/aromatic N) is 3. The van der Waals surface area contributed by atoms with Gasteiger partial charge in [-0.1, -0.05) is 11.6 Å². The number of hydrogen-bond acceptors (Lipinski definition) is 5. The van der Waals surface area contributed by atoms with Gasteiger partial charge in [-0.3, -0.25) is 4.79 Å². The van der Waals surface area contributed by atoms with Crippen LogP contribution in [-0.2, 0) is 4.74 Å². The molecule has 0 spiro atoms. The van der Waals surface area contributed by atoms with Gasteiger partial charge in [0.2, 0.25) is 5.95 Å². The van der Waals surface area contributed by atoms with Gasteiger partial charge in [-0.15, -0.1) is 0 Å². The molecule has 1 aromatic carbocycles. The number of benzene rings is 1. The van der Waals surface area contributed by atoms with Crippen LogP contribution in [0.3, 0.4) is 0 Å². The largest absolute Gasteiger partial charge is 0.497 e. The van der Waals surface area contributed by atoms with E-state index in [-0.39, 0.29) is 5.91 Å². The lowest BCUT2D eigenvalue weighted by Gasteiger charge is -2.30. The number of allylic oxidation sites excluding steroid dienone is 5. The van der Waals surface area contributed by atoms with Crippen LogP contribution in [-0.4, -0.2) is 46.0 Å². The van der Waals surface area contributed by atoms with Crippen molar-refractivity contribution in [3.8, 4) is 0 Å². The van der Waals surface area contributed by atoms with E-state index in [1.54, 1.807) is 13.3 Å². The first-order chi connectivity index (χ1) is 16.1. The minimum atomic E-state index is 0.0602. The molecule has 2 aliphatic rings. The average Bonchev–Trinajstić information content (AvgIpc) is 3.19. The van der Waals surface area contributed by atoms with Crippen LogP contribution in [0.2, 0.25) is 0 Å². The summed E-state index contributed by atoms with van der Waals surface area (Å²) in [5, 5.41) is 4.28. The molecule has 0 unspecified atom stereocenters. The van der Waals surface area contributed by atoms with Crippen LogP contribution in [0.1, 0.15) is 42.4 Å². The molecule has 1 saturated heterocycles. The molecule has 0 saturated carbocycles. The first-order valence-electron chi connectivity index (χ1n) is 11.2. The maximum atomic E-state index is 12.5. The van der Waals surface area contributed by atoms with Gasteiger partial charge in [0.1, 0.15) is 11.5 Å². The summed E-state index contributed by atoms with van der Waals surface area (Å²) in [4.78, 5) is 26.8. The Labute approximate surface area is 192 Å². The highest BCUT2D eigenvalue weighted by atomic mass is 16.5. The second-order valence-corrected chi connectivity index (χ2v) is 8.48. The first-order valence-corrected chi connectivity index (χ1v) is 11.2. The molecule has 1 aliphatic carbocycles. The van der Waals surface area contributed by atoms with Crippen molar-refractivity contribution in [3.63, 3.8) is 0 Å². The maximum absolute atomic E-state index is 12.5. The van der Waals surface area contributed by atoms with Crippen LogP contribution in [0.5, 0.6) is 0 Å². The third kappa shape index (κ3) is 4.53. The molecule has 168 valence electrons. The molecule has 3 aromatic rings. The minimum Gasteiger partial charge on any atom is -0.497 e. The molecule has 33 heavy (non-hydrogen) atoms. The fraction of sp³-hybridized carbons (Fsp3) is 0.269. The zero-order chi connectivity index (χ0) is 22.8. The summed E-state index contributed by atoms with van der Waals surface area (Å²) >= 11 is 0. The molecule has 1 fully saturated rings. The monoisotopic (exact) mass is 441 g/mol. The predicted octanol–water partition coefficient (Wildman–Crippen LogP) is 5.20. The number of rotatable bonds is 5. The number of likely N-dealkylation sites (tertiary alicyclic amines) is 1. The number of fused-ring (bicyclic) bond motifs is 1. The van der Waals surface area contributed by atoms with Gasteiger partial charge in [0.05, 0.1) is 12.8 Å². The Balaban J connectivity index is 1.37. The zero-order valence-electron chi connectivity index (χ0n) is 18.9. The maximum Gasteiger partial charge on any atom is 0.270 e. The van der Waals surface area contributed by atoms with Crippen molar-refractivity contribution in [1.82, 2.24) is 19.9 Å². The van der Waals surface area contributed by atoms with Crippen LogP contribution in [0, 0.1) is 0 Å². The van der Waals surface area contributed by atoms with E-state index < -0.39 is 0 Å². The van der Waals surface area contributed by atoms with E-state index in [1.165, 1.54) is 5.57 Å². The molecule has 7 nitrogen and oxygen atoms in total. The second-order valence-electron chi connectivity index (χ2n) is 8.48. The normalized spacial score (nSPS) is 16.2. The number of H-pyrrole nitrogens is 1. The Morgan fingerprint density at radius 3 is 2.82 bits per heavy atom. The highest BCUT2D eigenvalue weighted by Crippen LogP contribution is 2.27. The number of methoxy groups -OCH3 is 1. The van der Waals surface area contributed by atoms with E-state index in [1.807, 2.05) is 47.4 Å². The number of nitrogens with one attached hydrogen (secondary N) is 2. The Hall–Kier alpha value is -3.87. The van der Waals surface area contributed by atoms with E-state index in [2.05, 4.69) is 28.3 Å². The summed E-state index contributed by atoms with van der Waals surface area (Å²) in [6.07, 6.45) is 10.8. The van der Waals surface area contributed by atoms with Crippen LogP contribution in [0.15, 0.2) is 66.1 Å². The second kappa shape index (κ2) is 8.94. The average molecular weight is 442 g/mol. The van der Waals surface area contributed by atoms with E-state index >= 15 is 0 Å². The van der Waals surface area contributed by atoms with Crippen molar-refractivity contribution in [2.24, 2.45) is 0 Å². The van der Waals surface area contributed by atoms with Crippen molar-refractivity contribution in [3.05, 3.63) is 77.5 Å². The van der Waals surface area contributed by atoms with Crippen molar-refractivity contribution in [2.75, 3.05) is 25.5 Å². The molecule has 2 N–H and O–H groups in total. The number of carbonyl (C=O) groups excluding carboxylic acids is 1. The molecule has 1 aliphatic heterocycles. The molecule has 0 bridgehead atoms. The Bertz CT molecular complexity index is 1300. The number of anilines is 2. The number of aromatic amines is 1. The molecule has 2 aromatic heterocycles. The number of amides is 1. The van der Waals surface area contributed by atoms with Crippen molar-refractivity contribution in [2.45, 2.75) is 26.2 Å². The summed E-state index contributed by atoms with van der Waals surface area (Å²) in [6, 6.07) is 9.77. The zero-order valence-corrected chi connectivity index (χ0v) is 18.9. The Kier molecular flexibility index (Phi) is 5.69. The molecule has 0 atom stereocenters. The first kappa shape index (κ1) is 21.0. The summed E-state index contributed by atoms with van der Waals surface area (Å²) in [5.74, 6) is 1.39. The standard InChI is InChI=1S/C26H27N5O2/c1-17-4-6-18(15-21(33-2)8-5-17)23-10-11-27-26(30-23)28-20-7-9-22-19(14-20)16-24(29-22)25(32)31-12-3-13-31/h5,7-11,14-16,29H,3-4,6,12-13H2,1-2H3,(H,27,28,30). The van der Waals surface area contributed by atoms with Crippen LogP contribution in [0.25, 0.3) is 16.5 Å². The van der Waals surface area contributed by atoms with Crippen molar-refractivity contribution in [1.29, 1.82) is 0 Å². The van der Waals surface area contributed by atoms with Gasteiger partial charge < -0.3 is 19.9 Å². The minimum absolute atomic E-state index is 0.0602. The third-order valence-electron chi connectivity index (χ3n) is 6.11. The van der Waals surface area contributed by atoms with Crippen LogP contribution < -0.4 is 5.32 Å². The third-order valence-corrected chi connectivity index (χ3v) is 6.11. The lowest BCUT2D eigenvalue weighted by molar-refractivity contribution is 0.0646. The Morgan fingerprint density at radius 1 is 1.15 bits per heavy atom. The quantitative estimate of drug-likeness (QED) is 0.569. The van der Waals surface area contributed by atoms with E-state index in [0.29, 0.717) is 11.6 Å². The topological polar surface area (TPSA) is 83.1 Å². The summed E-state index contributed by atoms with van der Waals surface area (Å²) in [5.41, 5.74) is 5.70. The molecule has 5 rings (SSSR count). The molecular weight excluding hydrogens is 414 g/mol. The number of aromatic nitrogens is 3. The number of carbonyl (C=O) groups is 1. The van der Waals surface area contributed by atoms with Gasteiger partial charge in [0.25, 0.3) is 5.91 Å². The number of ether oxygens (including phenoxy) is 1. The lowest BCUT2D eigenvalue weighted by Crippen LogP contribution is -2.42. The van der Waals surface area contributed by atoms with Gasteiger partial charge in [0.15, 0.2) is 0 Å². The van der Waals surface area contributed by atoms with Crippen molar-refractivity contribution < 1.29 is 9.53 Å². The highest BCUT2D eigenvalue weighted by molar-refractivity contribution is 5.99. The fourth-order valence-electron chi connectivity index (χ4n) is 4.00. The molecule has 0 radical (unpaired) electrons. The summed E-state index contributed by atoms with van der Waals surface area (Å²) in [7, 11) is 1.68. The van der Waals surface area contributed by atoms with Gasteiger partial charge in [-0.25, -0.2) is 9.97 Å². The van der Waals surface area contributed by atoms with Gasteiger partial charge in [-0.05, 0) is 74.2 Å². The summed E-state index contributed by atoms with van der Waals surface area (Å²) < 4.78 is 5.49. The van der Waals surface area contributed by atoms with Crippen LogP contribution >= 0.6 is 0 Å². The smallest absolute Gasteiger partial charge is 0.270 e. The lowest BCUT2D eigenvalue weighted by atomic mass is 9.99. The SMILES string of the molecule is COC1=CC=C(C)CCC(c2ccnc(Nc3ccc4[nH]c(C(=O)N5CCC5)cc4c3)n2)=C1. The van der Waals surface area contributed by atoms with Gasteiger partial charge in [-0.2, -0.15) is 0 Å². The molecular formula is C26H27N5O2. The van der Waals surface area contributed by atoms with E-state index in [0.717, 1.165) is 66.0 Å². The van der Waals surface area contributed by atoms with Crippen molar-refractivity contribution >= 4 is 34.0 Å². The fourth-order valence-corrected chi connectivity index (χ4v) is 4.00. The van der Waals surface area contributed by atoms with Gasteiger partial charge in [0, 0.05) is 35.9 Å². The highest BCUT2D eigenvalue weighted by Gasteiger charge is 2.23. The number of hydrogen-bond donors (Lipinski definition) is 2. The summed E-state index contributed by atoms with van der Waals surface area (Å²) in [6.45, 7) is 3.80. The molecule has 3 heterocycles. The molecule has 1 amide bonds. The van der Waals surface area contributed by atoms with Gasteiger partial charge >= 0.3 is 0 Å². The predicted molar refractivity (Wildman–Crippen MR) is 130 cm³/mol. The van der Waals surface area contributed by atoms with E-state index in [9.17, 15) is 4.79 Å². The molecule has 7 heteroatoms. The Morgan fingerprint density at radius 2 is 2.03 bits per heavy atom.